The molecule has 1 heterocycles. The van der Waals surface area contributed by atoms with Crippen LogP contribution in [0.15, 0.2) is 0 Å². The Bertz CT molecular complexity index is 421. The minimum Gasteiger partial charge on any atom is -0.444 e. The third kappa shape index (κ3) is 4.18. The summed E-state index contributed by atoms with van der Waals surface area (Å²) in [6.07, 6.45) is 3.34. The SMILES string of the molecule is CCOC1CC(NC2CCN(C(=O)OC(C)(C)C)C2)C1(C)CC. The van der Waals surface area contributed by atoms with Crippen molar-refractivity contribution in [3.05, 3.63) is 0 Å². The summed E-state index contributed by atoms with van der Waals surface area (Å²) in [6.45, 7) is 14.6. The van der Waals surface area contributed by atoms with Gasteiger partial charge in [-0.15, -0.1) is 0 Å². The Balaban J connectivity index is 1.83. The van der Waals surface area contributed by atoms with Crippen molar-refractivity contribution in [2.24, 2.45) is 5.41 Å². The van der Waals surface area contributed by atoms with E-state index in [0.717, 1.165) is 39.0 Å². The lowest BCUT2D eigenvalue weighted by molar-refractivity contribution is -0.127. The van der Waals surface area contributed by atoms with E-state index in [9.17, 15) is 4.79 Å². The van der Waals surface area contributed by atoms with Crippen LogP contribution in [0.2, 0.25) is 0 Å². The summed E-state index contributed by atoms with van der Waals surface area (Å²) >= 11 is 0. The van der Waals surface area contributed by atoms with Gasteiger partial charge in [0.05, 0.1) is 6.10 Å². The molecule has 1 aliphatic carbocycles. The van der Waals surface area contributed by atoms with Gasteiger partial charge in [-0.1, -0.05) is 13.8 Å². The number of hydrogen-bond acceptors (Lipinski definition) is 4. The standard InChI is InChI=1S/C18H34N2O3/c1-7-18(6)14(11-15(18)22-8-2)19-13-9-10-20(12-13)16(21)23-17(3,4)5/h13-15,19H,7-12H2,1-6H3. The van der Waals surface area contributed by atoms with Crippen LogP contribution in [0, 0.1) is 5.41 Å². The molecule has 2 aliphatic rings. The van der Waals surface area contributed by atoms with Crippen LogP contribution in [-0.4, -0.2) is 54.5 Å². The fourth-order valence-corrected chi connectivity index (χ4v) is 3.68. The maximum Gasteiger partial charge on any atom is 0.410 e. The van der Waals surface area contributed by atoms with Gasteiger partial charge in [0.2, 0.25) is 0 Å². The van der Waals surface area contributed by atoms with Crippen molar-refractivity contribution >= 4 is 6.09 Å². The molecular weight excluding hydrogens is 292 g/mol. The quantitative estimate of drug-likeness (QED) is 0.843. The Morgan fingerprint density at radius 3 is 2.61 bits per heavy atom. The second-order valence-electron chi connectivity index (χ2n) is 8.17. The average molecular weight is 326 g/mol. The van der Waals surface area contributed by atoms with E-state index in [0.29, 0.717) is 18.2 Å². The molecule has 0 bridgehead atoms. The van der Waals surface area contributed by atoms with Crippen molar-refractivity contribution in [3.8, 4) is 0 Å². The maximum atomic E-state index is 12.2. The smallest absolute Gasteiger partial charge is 0.410 e. The van der Waals surface area contributed by atoms with E-state index in [1.54, 1.807) is 0 Å². The Morgan fingerprint density at radius 1 is 1.35 bits per heavy atom. The molecule has 1 aliphatic heterocycles. The van der Waals surface area contributed by atoms with Crippen LogP contribution in [0.25, 0.3) is 0 Å². The van der Waals surface area contributed by atoms with Crippen LogP contribution in [0.1, 0.15) is 60.8 Å². The van der Waals surface area contributed by atoms with Crippen LogP contribution in [0.3, 0.4) is 0 Å². The summed E-state index contributed by atoms with van der Waals surface area (Å²) in [5.74, 6) is 0. The molecular formula is C18H34N2O3. The zero-order valence-electron chi connectivity index (χ0n) is 15.6. The topological polar surface area (TPSA) is 50.8 Å². The highest BCUT2D eigenvalue weighted by atomic mass is 16.6. The first-order chi connectivity index (χ1) is 10.7. The summed E-state index contributed by atoms with van der Waals surface area (Å²) in [7, 11) is 0. The maximum absolute atomic E-state index is 12.2. The van der Waals surface area contributed by atoms with Gasteiger partial charge in [-0.2, -0.15) is 0 Å². The fraction of sp³-hybridized carbons (Fsp3) is 0.944. The molecule has 1 N–H and O–H groups in total. The van der Waals surface area contributed by atoms with Crippen molar-refractivity contribution in [1.82, 2.24) is 10.2 Å². The Morgan fingerprint density at radius 2 is 2.04 bits per heavy atom. The molecule has 5 nitrogen and oxygen atoms in total. The van der Waals surface area contributed by atoms with E-state index in [1.807, 2.05) is 25.7 Å². The second kappa shape index (κ2) is 6.98. The molecule has 5 heteroatoms. The number of amides is 1. The number of nitrogens with zero attached hydrogens (tertiary/aromatic N) is 1. The molecule has 134 valence electrons. The van der Waals surface area contributed by atoms with Crippen molar-refractivity contribution < 1.29 is 14.3 Å². The predicted octanol–water partition coefficient (Wildman–Crippen LogP) is 3.18. The molecule has 23 heavy (non-hydrogen) atoms. The molecule has 0 aromatic heterocycles. The summed E-state index contributed by atoms with van der Waals surface area (Å²) in [4.78, 5) is 14.0. The number of ether oxygens (including phenoxy) is 2. The second-order valence-corrected chi connectivity index (χ2v) is 8.17. The highest BCUT2D eigenvalue weighted by Gasteiger charge is 2.51. The van der Waals surface area contributed by atoms with Gasteiger partial charge in [0.1, 0.15) is 5.60 Å². The number of hydrogen-bond donors (Lipinski definition) is 1. The molecule has 0 aromatic carbocycles. The van der Waals surface area contributed by atoms with Gasteiger partial charge in [-0.05, 0) is 47.0 Å². The minimum absolute atomic E-state index is 0.194. The van der Waals surface area contributed by atoms with E-state index >= 15 is 0 Å². The minimum atomic E-state index is -0.429. The van der Waals surface area contributed by atoms with E-state index in [2.05, 4.69) is 26.1 Å². The van der Waals surface area contributed by atoms with Gasteiger partial charge >= 0.3 is 6.09 Å². The van der Waals surface area contributed by atoms with Gasteiger partial charge in [0.15, 0.2) is 0 Å². The predicted molar refractivity (Wildman–Crippen MR) is 91.6 cm³/mol. The third-order valence-electron chi connectivity index (χ3n) is 5.39. The molecule has 1 saturated carbocycles. The Kier molecular flexibility index (Phi) is 5.62. The van der Waals surface area contributed by atoms with Gasteiger partial charge in [0, 0.05) is 37.2 Å². The third-order valence-corrected chi connectivity index (χ3v) is 5.39. The number of likely N-dealkylation sites (tertiary alicyclic amines) is 1. The first-order valence-electron chi connectivity index (χ1n) is 9.05. The summed E-state index contributed by atoms with van der Waals surface area (Å²) in [5, 5.41) is 3.76. The van der Waals surface area contributed by atoms with Crippen molar-refractivity contribution in [3.63, 3.8) is 0 Å². The van der Waals surface area contributed by atoms with Crippen molar-refractivity contribution in [2.75, 3.05) is 19.7 Å². The van der Waals surface area contributed by atoms with Crippen LogP contribution >= 0.6 is 0 Å². The first kappa shape index (κ1) is 18.5. The highest BCUT2D eigenvalue weighted by molar-refractivity contribution is 5.68. The van der Waals surface area contributed by atoms with E-state index < -0.39 is 5.60 Å². The molecule has 0 spiro atoms. The van der Waals surface area contributed by atoms with Crippen LogP contribution in [0.4, 0.5) is 4.79 Å². The lowest BCUT2D eigenvalue weighted by atomic mass is 9.61. The first-order valence-corrected chi connectivity index (χ1v) is 9.05. The number of carbonyl (C=O) groups excluding carboxylic acids is 1. The summed E-state index contributed by atoms with van der Waals surface area (Å²) in [6, 6.07) is 0.841. The Hall–Kier alpha value is -0.810. The molecule has 0 radical (unpaired) electrons. The molecule has 1 amide bonds. The van der Waals surface area contributed by atoms with Crippen LogP contribution < -0.4 is 5.32 Å². The highest BCUT2D eigenvalue weighted by Crippen LogP contribution is 2.46. The fourth-order valence-electron chi connectivity index (χ4n) is 3.68. The number of nitrogens with one attached hydrogen (secondary N) is 1. The number of carbonyl (C=O) groups is 1. The zero-order chi connectivity index (χ0) is 17.3. The molecule has 1 saturated heterocycles. The average Bonchev–Trinajstić information content (AvgIpc) is 2.92. The van der Waals surface area contributed by atoms with Crippen LogP contribution in [0.5, 0.6) is 0 Å². The van der Waals surface area contributed by atoms with Gasteiger partial charge in [0.25, 0.3) is 0 Å². The molecule has 2 fully saturated rings. The molecule has 4 unspecified atom stereocenters. The van der Waals surface area contributed by atoms with Gasteiger partial charge in [-0.25, -0.2) is 4.79 Å². The monoisotopic (exact) mass is 326 g/mol. The van der Waals surface area contributed by atoms with E-state index in [-0.39, 0.29) is 11.5 Å². The summed E-state index contributed by atoms with van der Waals surface area (Å²) in [5.41, 5.74) is -0.225. The van der Waals surface area contributed by atoms with Crippen LogP contribution in [-0.2, 0) is 9.47 Å². The largest absolute Gasteiger partial charge is 0.444 e. The Labute approximate surface area is 141 Å². The van der Waals surface area contributed by atoms with Gasteiger partial charge < -0.3 is 19.7 Å². The van der Waals surface area contributed by atoms with Crippen molar-refractivity contribution in [1.29, 1.82) is 0 Å². The molecule has 2 rings (SSSR count). The lowest BCUT2D eigenvalue weighted by Gasteiger charge is -2.54. The zero-order valence-corrected chi connectivity index (χ0v) is 15.6. The molecule has 4 atom stereocenters. The number of rotatable bonds is 5. The van der Waals surface area contributed by atoms with Crippen molar-refractivity contribution in [2.45, 2.75) is 84.6 Å². The van der Waals surface area contributed by atoms with Gasteiger partial charge in [-0.3, -0.25) is 0 Å². The normalized spacial score (nSPS) is 34.3. The summed E-state index contributed by atoms with van der Waals surface area (Å²) < 4.78 is 11.3. The molecule has 0 aromatic rings. The van der Waals surface area contributed by atoms with E-state index in [1.165, 1.54) is 0 Å². The lowest BCUT2D eigenvalue weighted by Crippen LogP contribution is -2.64. The van der Waals surface area contributed by atoms with E-state index in [4.69, 9.17) is 9.47 Å².